The molecule has 0 atom stereocenters. The Kier molecular flexibility index (Phi) is 3.68. The summed E-state index contributed by atoms with van der Waals surface area (Å²) in [7, 11) is 0. The van der Waals surface area contributed by atoms with Gasteiger partial charge in [0, 0.05) is 6.07 Å². The van der Waals surface area contributed by atoms with Crippen LogP contribution < -0.4 is 4.74 Å². The molecule has 0 saturated heterocycles. The van der Waals surface area contributed by atoms with E-state index in [4.69, 9.17) is 27.9 Å². The molecule has 1 heterocycles. The number of hydrogen-bond donors (Lipinski definition) is 0. The number of rotatable bonds is 2. The molecule has 0 unspecified atom stereocenters. The maximum absolute atomic E-state index is 13.2. The van der Waals surface area contributed by atoms with Crippen LogP contribution >= 0.6 is 23.2 Å². The summed E-state index contributed by atoms with van der Waals surface area (Å²) in [5.41, 5.74) is 1.42. The van der Waals surface area contributed by atoms with Crippen LogP contribution in [0, 0.1) is 19.7 Å². The van der Waals surface area contributed by atoms with E-state index in [9.17, 15) is 4.39 Å². The van der Waals surface area contributed by atoms with Gasteiger partial charge in [0.05, 0.1) is 16.4 Å². The molecule has 1 aromatic heterocycles. The smallest absolute Gasteiger partial charge is 0.257 e. The van der Waals surface area contributed by atoms with Crippen LogP contribution in [-0.2, 0) is 0 Å². The van der Waals surface area contributed by atoms with Crippen molar-refractivity contribution >= 4 is 23.2 Å². The van der Waals surface area contributed by atoms with Gasteiger partial charge in [-0.3, -0.25) is 0 Å². The third-order valence-electron chi connectivity index (χ3n) is 2.34. The van der Waals surface area contributed by atoms with E-state index >= 15 is 0 Å². The average molecular weight is 287 g/mol. The van der Waals surface area contributed by atoms with Crippen LogP contribution in [0.15, 0.2) is 18.2 Å². The summed E-state index contributed by atoms with van der Waals surface area (Å²) in [4.78, 5) is 8.21. The van der Waals surface area contributed by atoms with Gasteiger partial charge in [0.25, 0.3) is 5.88 Å². The summed E-state index contributed by atoms with van der Waals surface area (Å²) < 4.78 is 18.6. The fourth-order valence-corrected chi connectivity index (χ4v) is 1.60. The number of benzene rings is 1. The van der Waals surface area contributed by atoms with Crippen molar-refractivity contribution in [2.24, 2.45) is 0 Å². The fourth-order valence-electron chi connectivity index (χ4n) is 1.27. The van der Waals surface area contributed by atoms with E-state index in [1.807, 2.05) is 0 Å². The Balaban J connectivity index is 2.34. The topological polar surface area (TPSA) is 35.0 Å². The number of nitrogens with zero attached hydrogens (tertiary/aromatic N) is 2. The average Bonchev–Trinajstić information content (AvgIpc) is 2.31. The monoisotopic (exact) mass is 286 g/mol. The van der Waals surface area contributed by atoms with Crippen molar-refractivity contribution in [1.82, 2.24) is 9.97 Å². The highest BCUT2D eigenvalue weighted by molar-refractivity contribution is 6.31. The summed E-state index contributed by atoms with van der Waals surface area (Å²) in [6.45, 7) is 3.58. The number of aryl methyl sites for hydroxylation is 2. The molecule has 2 aromatic rings. The Bertz CT molecular complexity index is 605. The minimum Gasteiger partial charge on any atom is -0.436 e. The highest BCUT2D eigenvalue weighted by Crippen LogP contribution is 2.28. The molecule has 2 rings (SSSR count). The van der Waals surface area contributed by atoms with Gasteiger partial charge < -0.3 is 4.74 Å². The SMILES string of the molecule is Cc1nc(Cl)c(Oc2ccc(Cl)c(F)c2)nc1C. The quantitative estimate of drug-likeness (QED) is 0.824. The molecule has 0 spiro atoms. The number of hydrogen-bond acceptors (Lipinski definition) is 3. The van der Waals surface area contributed by atoms with Gasteiger partial charge in [-0.1, -0.05) is 23.2 Å². The zero-order chi connectivity index (χ0) is 13.3. The molecule has 0 aliphatic heterocycles. The van der Waals surface area contributed by atoms with Crippen LogP contribution in [0.3, 0.4) is 0 Å². The van der Waals surface area contributed by atoms with E-state index in [1.54, 1.807) is 13.8 Å². The van der Waals surface area contributed by atoms with Crippen LogP contribution in [0.1, 0.15) is 11.4 Å². The second-order valence-corrected chi connectivity index (χ2v) is 4.43. The predicted octanol–water partition coefficient (Wildman–Crippen LogP) is 4.33. The van der Waals surface area contributed by atoms with Gasteiger partial charge in [0.1, 0.15) is 11.6 Å². The van der Waals surface area contributed by atoms with Gasteiger partial charge in [0.2, 0.25) is 0 Å². The number of aromatic nitrogens is 2. The van der Waals surface area contributed by atoms with Crippen molar-refractivity contribution in [3.63, 3.8) is 0 Å². The van der Waals surface area contributed by atoms with Crippen molar-refractivity contribution in [2.75, 3.05) is 0 Å². The maximum Gasteiger partial charge on any atom is 0.257 e. The fraction of sp³-hybridized carbons (Fsp3) is 0.167. The molecule has 0 aliphatic rings. The highest BCUT2D eigenvalue weighted by atomic mass is 35.5. The molecule has 0 fully saturated rings. The third kappa shape index (κ3) is 2.71. The zero-order valence-electron chi connectivity index (χ0n) is 9.67. The molecular weight excluding hydrogens is 278 g/mol. The van der Waals surface area contributed by atoms with Crippen molar-refractivity contribution in [3.8, 4) is 11.6 Å². The molecule has 0 aliphatic carbocycles. The minimum absolute atomic E-state index is 0.0274. The number of halogens is 3. The van der Waals surface area contributed by atoms with Gasteiger partial charge >= 0.3 is 0 Å². The number of ether oxygens (including phenoxy) is 1. The van der Waals surface area contributed by atoms with E-state index in [0.29, 0.717) is 5.69 Å². The lowest BCUT2D eigenvalue weighted by molar-refractivity contribution is 0.454. The summed E-state index contributed by atoms with van der Waals surface area (Å²) in [5, 5.41) is 0.160. The van der Waals surface area contributed by atoms with Gasteiger partial charge in [-0.25, -0.2) is 14.4 Å². The first-order valence-corrected chi connectivity index (χ1v) is 5.86. The molecule has 0 bridgehead atoms. The van der Waals surface area contributed by atoms with Crippen LogP contribution in [-0.4, -0.2) is 9.97 Å². The van der Waals surface area contributed by atoms with Crippen LogP contribution in [0.4, 0.5) is 4.39 Å². The largest absolute Gasteiger partial charge is 0.436 e. The third-order valence-corrected chi connectivity index (χ3v) is 2.89. The van der Waals surface area contributed by atoms with Crippen molar-refractivity contribution in [3.05, 3.63) is 45.6 Å². The first-order valence-electron chi connectivity index (χ1n) is 5.11. The maximum atomic E-state index is 13.2. The lowest BCUT2D eigenvalue weighted by Gasteiger charge is -2.08. The molecule has 1 aromatic carbocycles. The van der Waals surface area contributed by atoms with E-state index in [-0.39, 0.29) is 21.8 Å². The Morgan fingerprint density at radius 1 is 1.11 bits per heavy atom. The van der Waals surface area contributed by atoms with Crippen molar-refractivity contribution in [2.45, 2.75) is 13.8 Å². The summed E-state index contributed by atoms with van der Waals surface area (Å²) in [6.07, 6.45) is 0. The Labute approximate surface area is 114 Å². The minimum atomic E-state index is -0.568. The lowest BCUT2D eigenvalue weighted by Crippen LogP contribution is -1.97. The van der Waals surface area contributed by atoms with Gasteiger partial charge in [-0.2, -0.15) is 0 Å². The summed E-state index contributed by atoms with van der Waals surface area (Å²) in [6, 6.07) is 4.09. The standard InChI is InChI=1S/C12H9Cl2FN2O/c1-6-7(2)17-12(11(14)16-6)18-8-3-4-9(13)10(15)5-8/h3-5H,1-2H3. The molecule has 94 valence electrons. The van der Waals surface area contributed by atoms with E-state index in [0.717, 1.165) is 11.8 Å². The Morgan fingerprint density at radius 2 is 1.78 bits per heavy atom. The first-order chi connectivity index (χ1) is 8.47. The van der Waals surface area contributed by atoms with Gasteiger partial charge in [0.15, 0.2) is 5.15 Å². The highest BCUT2D eigenvalue weighted by Gasteiger charge is 2.10. The first kappa shape index (κ1) is 13.1. The van der Waals surface area contributed by atoms with Gasteiger partial charge in [-0.05, 0) is 26.0 Å². The molecule has 18 heavy (non-hydrogen) atoms. The molecule has 6 heteroatoms. The summed E-state index contributed by atoms with van der Waals surface area (Å²) >= 11 is 11.5. The summed E-state index contributed by atoms with van der Waals surface area (Å²) in [5.74, 6) is -0.167. The van der Waals surface area contributed by atoms with Crippen LogP contribution in [0.25, 0.3) is 0 Å². The van der Waals surface area contributed by atoms with E-state index in [2.05, 4.69) is 9.97 Å². The molecule has 0 N–H and O–H groups in total. The second-order valence-electron chi connectivity index (χ2n) is 3.67. The molecule has 0 saturated carbocycles. The molecular formula is C12H9Cl2FN2O. The van der Waals surface area contributed by atoms with Crippen molar-refractivity contribution < 1.29 is 9.13 Å². The normalized spacial score (nSPS) is 10.5. The van der Waals surface area contributed by atoms with E-state index < -0.39 is 5.82 Å². The van der Waals surface area contributed by atoms with Gasteiger partial charge in [-0.15, -0.1) is 0 Å². The van der Waals surface area contributed by atoms with Crippen LogP contribution in [0.2, 0.25) is 10.2 Å². The molecule has 3 nitrogen and oxygen atoms in total. The Morgan fingerprint density at radius 3 is 2.44 bits per heavy atom. The zero-order valence-corrected chi connectivity index (χ0v) is 11.2. The second kappa shape index (κ2) is 5.08. The predicted molar refractivity (Wildman–Crippen MR) is 68.0 cm³/mol. The van der Waals surface area contributed by atoms with Crippen molar-refractivity contribution in [1.29, 1.82) is 0 Å². The Hall–Kier alpha value is -1.39. The van der Waals surface area contributed by atoms with E-state index in [1.165, 1.54) is 12.1 Å². The molecule has 0 amide bonds. The van der Waals surface area contributed by atoms with Crippen LogP contribution in [0.5, 0.6) is 11.6 Å². The molecule has 0 radical (unpaired) electrons. The lowest BCUT2D eigenvalue weighted by atomic mass is 10.3.